The molecule has 0 amide bonds. The fraction of sp³-hybridized carbons (Fsp3) is 0.917. The lowest BCUT2D eigenvalue weighted by Gasteiger charge is -2.08. The van der Waals surface area contributed by atoms with Crippen LogP contribution in [0.4, 0.5) is 0 Å². The Labute approximate surface area is 92.8 Å². The van der Waals surface area contributed by atoms with Crippen LogP contribution in [0.2, 0.25) is 0 Å². The van der Waals surface area contributed by atoms with Crippen molar-refractivity contribution in [3.63, 3.8) is 0 Å². The zero-order valence-electron chi connectivity index (χ0n) is 9.54. The van der Waals surface area contributed by atoms with Crippen molar-refractivity contribution in [2.24, 2.45) is 4.99 Å². The van der Waals surface area contributed by atoms with Crippen LogP contribution in [-0.4, -0.2) is 16.8 Å². The maximum atomic E-state index is 4.54. The van der Waals surface area contributed by atoms with Gasteiger partial charge < -0.3 is 0 Å². The molecule has 0 bridgehead atoms. The second-order valence-electron chi connectivity index (χ2n) is 4.04. The van der Waals surface area contributed by atoms with Crippen LogP contribution in [0.1, 0.15) is 58.8 Å². The van der Waals surface area contributed by atoms with Crippen LogP contribution in [0.15, 0.2) is 4.99 Å². The van der Waals surface area contributed by atoms with Crippen LogP contribution in [-0.2, 0) is 0 Å². The van der Waals surface area contributed by atoms with Crippen molar-refractivity contribution in [1.29, 1.82) is 0 Å². The van der Waals surface area contributed by atoms with Gasteiger partial charge in [0, 0.05) is 11.5 Å². The van der Waals surface area contributed by atoms with Gasteiger partial charge in [-0.25, -0.2) is 0 Å². The lowest BCUT2D eigenvalue weighted by Crippen LogP contribution is -1.99. The van der Waals surface area contributed by atoms with Gasteiger partial charge in [-0.3, -0.25) is 4.99 Å². The van der Waals surface area contributed by atoms with Gasteiger partial charge in [-0.15, -0.1) is 11.8 Å². The van der Waals surface area contributed by atoms with Crippen LogP contribution in [0.3, 0.4) is 0 Å². The molecule has 1 aliphatic rings. The lowest BCUT2D eigenvalue weighted by atomic mass is 10.1. The van der Waals surface area contributed by atoms with E-state index in [1.165, 1.54) is 44.9 Å². The van der Waals surface area contributed by atoms with Crippen molar-refractivity contribution in [3.8, 4) is 0 Å². The summed E-state index contributed by atoms with van der Waals surface area (Å²) >= 11 is 2.05. The average molecular weight is 213 g/mol. The minimum atomic E-state index is 0.585. The first-order chi connectivity index (χ1) is 6.86. The molecule has 0 saturated heterocycles. The fourth-order valence-corrected chi connectivity index (χ4v) is 2.91. The van der Waals surface area contributed by atoms with E-state index in [4.69, 9.17) is 0 Å². The molecule has 0 aromatic rings. The Bertz CT molecular complexity index is 168. The summed E-state index contributed by atoms with van der Waals surface area (Å²) in [6, 6.07) is 0. The number of nitrogens with zero attached hydrogens (tertiary/aromatic N) is 1. The third-order valence-electron chi connectivity index (χ3n) is 2.71. The molecular formula is C12H23NS. The Hall–Kier alpha value is 0.0200. The second-order valence-corrected chi connectivity index (χ2v) is 5.46. The maximum absolute atomic E-state index is 4.54. The molecule has 0 N–H and O–H groups in total. The highest BCUT2D eigenvalue weighted by Crippen LogP contribution is 2.29. The molecule has 0 fully saturated rings. The van der Waals surface area contributed by atoms with E-state index in [0.29, 0.717) is 10.6 Å². The van der Waals surface area contributed by atoms with E-state index in [1.54, 1.807) is 0 Å². The molecule has 82 valence electrons. The Morgan fingerprint density at radius 1 is 1.14 bits per heavy atom. The Balaban J connectivity index is 1.96. The van der Waals surface area contributed by atoms with Gasteiger partial charge in [0.1, 0.15) is 0 Å². The van der Waals surface area contributed by atoms with Gasteiger partial charge in [0.25, 0.3) is 0 Å². The van der Waals surface area contributed by atoms with Crippen LogP contribution in [0, 0.1) is 0 Å². The minimum absolute atomic E-state index is 0.585. The van der Waals surface area contributed by atoms with Gasteiger partial charge in [0.15, 0.2) is 0 Å². The monoisotopic (exact) mass is 213 g/mol. The van der Waals surface area contributed by atoms with Gasteiger partial charge in [0.2, 0.25) is 0 Å². The van der Waals surface area contributed by atoms with Crippen molar-refractivity contribution in [2.75, 3.05) is 0 Å². The van der Waals surface area contributed by atoms with E-state index < -0.39 is 0 Å². The highest BCUT2D eigenvalue weighted by Gasteiger charge is 2.18. The third kappa shape index (κ3) is 4.50. The van der Waals surface area contributed by atoms with Crippen molar-refractivity contribution in [2.45, 2.75) is 69.4 Å². The average Bonchev–Trinajstić information content (AvgIpc) is 2.65. The third-order valence-corrected chi connectivity index (χ3v) is 4.18. The number of aliphatic imine (C=N–C) groups is 1. The molecule has 0 saturated carbocycles. The van der Waals surface area contributed by atoms with Crippen molar-refractivity contribution in [1.82, 2.24) is 0 Å². The molecule has 2 unspecified atom stereocenters. The molecule has 0 aromatic carbocycles. The zero-order valence-corrected chi connectivity index (χ0v) is 10.4. The Morgan fingerprint density at radius 2 is 1.93 bits per heavy atom. The summed E-state index contributed by atoms with van der Waals surface area (Å²) in [5.41, 5.74) is 0. The molecule has 0 radical (unpaired) electrons. The summed E-state index contributed by atoms with van der Waals surface area (Å²) < 4.78 is 0. The molecule has 2 atom stereocenters. The molecule has 0 aliphatic carbocycles. The molecule has 1 nitrogen and oxygen atoms in total. The van der Waals surface area contributed by atoms with Crippen LogP contribution in [0.5, 0.6) is 0 Å². The quantitative estimate of drug-likeness (QED) is 0.575. The molecule has 1 rings (SSSR count). The van der Waals surface area contributed by atoms with E-state index in [1.807, 2.05) is 0 Å². The molecule has 14 heavy (non-hydrogen) atoms. The van der Waals surface area contributed by atoms with Gasteiger partial charge in [-0.2, -0.15) is 0 Å². The summed E-state index contributed by atoms with van der Waals surface area (Å²) in [5.74, 6) is 0. The SMILES string of the molecule is CCCCCCCC1N=CC(CC)S1. The fourth-order valence-electron chi connectivity index (χ4n) is 1.73. The Kier molecular flexibility index (Phi) is 6.33. The predicted octanol–water partition coefficient (Wildman–Crippen LogP) is 4.27. The molecule has 0 aromatic heterocycles. The molecular weight excluding hydrogens is 190 g/mol. The van der Waals surface area contributed by atoms with Gasteiger partial charge in [-0.05, 0) is 12.8 Å². The van der Waals surface area contributed by atoms with Crippen molar-refractivity contribution >= 4 is 18.0 Å². The summed E-state index contributed by atoms with van der Waals surface area (Å²) in [6.07, 6.45) is 11.6. The predicted molar refractivity (Wildman–Crippen MR) is 67.3 cm³/mol. The van der Waals surface area contributed by atoms with Crippen LogP contribution < -0.4 is 0 Å². The first kappa shape index (κ1) is 12.1. The second kappa shape index (κ2) is 7.33. The van der Waals surface area contributed by atoms with Gasteiger partial charge in [-0.1, -0.05) is 46.0 Å². The number of unbranched alkanes of at least 4 members (excludes halogenated alkanes) is 4. The maximum Gasteiger partial charge on any atom is 0.0954 e. The summed E-state index contributed by atoms with van der Waals surface area (Å²) in [7, 11) is 0. The first-order valence-electron chi connectivity index (χ1n) is 6.05. The summed E-state index contributed by atoms with van der Waals surface area (Å²) in [4.78, 5) is 4.54. The Morgan fingerprint density at radius 3 is 2.57 bits per heavy atom. The number of hydrogen-bond acceptors (Lipinski definition) is 2. The van der Waals surface area contributed by atoms with Crippen LogP contribution >= 0.6 is 11.8 Å². The van der Waals surface area contributed by atoms with E-state index in [9.17, 15) is 0 Å². The number of rotatable bonds is 7. The zero-order chi connectivity index (χ0) is 10.2. The van der Waals surface area contributed by atoms with E-state index in [0.717, 1.165) is 0 Å². The summed E-state index contributed by atoms with van der Waals surface area (Å²) in [6.45, 7) is 4.51. The topological polar surface area (TPSA) is 12.4 Å². The van der Waals surface area contributed by atoms with Crippen molar-refractivity contribution in [3.05, 3.63) is 0 Å². The molecule has 2 heteroatoms. The van der Waals surface area contributed by atoms with E-state index in [2.05, 4.69) is 36.8 Å². The van der Waals surface area contributed by atoms with E-state index in [-0.39, 0.29) is 0 Å². The van der Waals surface area contributed by atoms with Crippen LogP contribution in [0.25, 0.3) is 0 Å². The summed E-state index contributed by atoms with van der Waals surface area (Å²) in [5, 5.41) is 1.29. The first-order valence-corrected chi connectivity index (χ1v) is 6.99. The standard InChI is InChI=1S/C12H23NS/c1-3-5-6-7-8-9-12-13-10-11(4-2)14-12/h10-12H,3-9H2,1-2H3. The largest absolute Gasteiger partial charge is 0.282 e. The number of thioether (sulfide) groups is 1. The lowest BCUT2D eigenvalue weighted by molar-refractivity contribution is 0.603. The molecule has 0 spiro atoms. The molecule has 1 aliphatic heterocycles. The van der Waals surface area contributed by atoms with Gasteiger partial charge >= 0.3 is 0 Å². The smallest absolute Gasteiger partial charge is 0.0954 e. The van der Waals surface area contributed by atoms with Gasteiger partial charge in [0.05, 0.1) is 5.37 Å². The highest BCUT2D eigenvalue weighted by molar-refractivity contribution is 8.01. The highest BCUT2D eigenvalue weighted by atomic mass is 32.2. The number of hydrogen-bond donors (Lipinski definition) is 0. The minimum Gasteiger partial charge on any atom is -0.282 e. The van der Waals surface area contributed by atoms with E-state index >= 15 is 0 Å². The normalized spacial score (nSPS) is 25.9. The van der Waals surface area contributed by atoms with Crippen molar-refractivity contribution < 1.29 is 0 Å². The molecule has 1 heterocycles.